The number of rotatable bonds is 4. The first-order chi connectivity index (χ1) is 8.95. The molecule has 1 aromatic carbocycles. The highest BCUT2D eigenvalue weighted by Gasteiger charge is 2.23. The van der Waals surface area contributed by atoms with Crippen LogP contribution in [0.15, 0.2) is 39.9 Å². The molecule has 1 N–H and O–H groups in total. The standard InChI is InChI=1S/C13H15NO3S2/c1-10-4-3-5-12(6-10)14(2)19(16,17)13-7-11(8-15)9-18-13/h3-7,9,15H,8H2,1-2H3. The fourth-order valence-corrected chi connectivity index (χ4v) is 4.23. The maximum Gasteiger partial charge on any atom is 0.273 e. The number of hydrogen-bond acceptors (Lipinski definition) is 4. The van der Waals surface area contributed by atoms with Gasteiger partial charge in [-0.3, -0.25) is 4.31 Å². The van der Waals surface area contributed by atoms with E-state index in [-0.39, 0.29) is 10.8 Å². The molecular weight excluding hydrogens is 282 g/mol. The molecule has 0 radical (unpaired) electrons. The van der Waals surface area contributed by atoms with Crippen molar-refractivity contribution in [1.82, 2.24) is 0 Å². The zero-order valence-corrected chi connectivity index (χ0v) is 12.3. The van der Waals surface area contributed by atoms with Crippen LogP contribution in [-0.2, 0) is 16.6 Å². The van der Waals surface area contributed by atoms with Gasteiger partial charge in [0.2, 0.25) is 0 Å². The maximum absolute atomic E-state index is 12.4. The Labute approximate surface area is 117 Å². The quantitative estimate of drug-likeness (QED) is 0.942. The highest BCUT2D eigenvalue weighted by molar-refractivity contribution is 7.94. The van der Waals surface area contributed by atoms with Gasteiger partial charge in [-0.2, -0.15) is 0 Å². The van der Waals surface area contributed by atoms with E-state index in [1.165, 1.54) is 17.4 Å². The normalized spacial score (nSPS) is 11.5. The highest BCUT2D eigenvalue weighted by atomic mass is 32.2. The van der Waals surface area contributed by atoms with E-state index < -0.39 is 10.0 Å². The monoisotopic (exact) mass is 297 g/mol. The zero-order valence-electron chi connectivity index (χ0n) is 10.7. The molecule has 19 heavy (non-hydrogen) atoms. The smallest absolute Gasteiger partial charge is 0.273 e. The summed E-state index contributed by atoms with van der Waals surface area (Å²) in [6.07, 6.45) is 0. The second kappa shape index (κ2) is 5.32. The summed E-state index contributed by atoms with van der Waals surface area (Å²) < 4.78 is 26.3. The number of thiophene rings is 1. The Morgan fingerprint density at radius 2 is 2.05 bits per heavy atom. The molecule has 0 unspecified atom stereocenters. The lowest BCUT2D eigenvalue weighted by atomic mass is 10.2. The summed E-state index contributed by atoms with van der Waals surface area (Å²) >= 11 is 1.12. The lowest BCUT2D eigenvalue weighted by Crippen LogP contribution is -2.25. The van der Waals surface area contributed by atoms with Gasteiger partial charge in [0.15, 0.2) is 0 Å². The van der Waals surface area contributed by atoms with Crippen molar-refractivity contribution in [2.24, 2.45) is 0 Å². The topological polar surface area (TPSA) is 57.6 Å². The number of hydrogen-bond donors (Lipinski definition) is 1. The third kappa shape index (κ3) is 2.80. The van der Waals surface area contributed by atoms with Crippen molar-refractivity contribution in [2.75, 3.05) is 11.4 Å². The Hall–Kier alpha value is -1.37. The summed E-state index contributed by atoms with van der Waals surface area (Å²) in [6, 6.07) is 8.82. The molecule has 1 heterocycles. The van der Waals surface area contributed by atoms with Gasteiger partial charge in [-0.25, -0.2) is 8.42 Å². The lowest BCUT2D eigenvalue weighted by molar-refractivity contribution is 0.282. The summed E-state index contributed by atoms with van der Waals surface area (Å²) in [7, 11) is -2.03. The van der Waals surface area contributed by atoms with E-state index >= 15 is 0 Å². The Kier molecular flexibility index (Phi) is 3.93. The molecule has 0 saturated carbocycles. The minimum absolute atomic E-state index is 0.153. The molecule has 0 aliphatic rings. The SMILES string of the molecule is Cc1cccc(N(C)S(=O)(=O)c2cc(CO)cs2)c1. The Bertz CT molecular complexity index is 677. The highest BCUT2D eigenvalue weighted by Crippen LogP contribution is 2.27. The average molecular weight is 297 g/mol. The van der Waals surface area contributed by atoms with Gasteiger partial charge in [0.25, 0.3) is 10.0 Å². The molecule has 2 rings (SSSR count). The van der Waals surface area contributed by atoms with Crippen LogP contribution < -0.4 is 4.31 Å². The molecule has 0 atom stereocenters. The third-order valence-corrected chi connectivity index (χ3v) is 6.04. The molecular formula is C13H15NO3S2. The third-order valence-electron chi connectivity index (χ3n) is 2.79. The fourth-order valence-electron chi connectivity index (χ4n) is 1.67. The van der Waals surface area contributed by atoms with Gasteiger partial charge in [0, 0.05) is 7.05 Å². The predicted octanol–water partition coefficient (Wildman–Crippen LogP) is 2.37. The minimum Gasteiger partial charge on any atom is -0.392 e. The first-order valence-corrected chi connectivity index (χ1v) is 8.01. The average Bonchev–Trinajstić information content (AvgIpc) is 2.87. The summed E-state index contributed by atoms with van der Waals surface area (Å²) in [5.41, 5.74) is 2.24. The van der Waals surface area contributed by atoms with Crippen LogP contribution in [-0.4, -0.2) is 20.6 Å². The number of anilines is 1. The number of nitrogens with zero attached hydrogens (tertiary/aromatic N) is 1. The van der Waals surface area contributed by atoms with E-state index in [0.29, 0.717) is 11.3 Å². The second-order valence-electron chi connectivity index (χ2n) is 4.24. The van der Waals surface area contributed by atoms with Crippen molar-refractivity contribution in [1.29, 1.82) is 0 Å². The van der Waals surface area contributed by atoms with Gasteiger partial charge >= 0.3 is 0 Å². The van der Waals surface area contributed by atoms with Crippen molar-refractivity contribution in [3.05, 3.63) is 46.8 Å². The number of aliphatic hydroxyl groups is 1. The molecule has 0 aliphatic carbocycles. The Balaban J connectivity index is 2.39. The van der Waals surface area contributed by atoms with Crippen molar-refractivity contribution >= 4 is 27.0 Å². The summed E-state index contributed by atoms with van der Waals surface area (Å²) in [6.45, 7) is 1.76. The van der Waals surface area contributed by atoms with Crippen molar-refractivity contribution in [2.45, 2.75) is 17.7 Å². The molecule has 0 bridgehead atoms. The Morgan fingerprint density at radius 3 is 2.63 bits per heavy atom. The van der Waals surface area contributed by atoms with E-state index in [0.717, 1.165) is 16.9 Å². The van der Waals surface area contributed by atoms with Crippen LogP contribution in [0.4, 0.5) is 5.69 Å². The second-order valence-corrected chi connectivity index (χ2v) is 7.35. The van der Waals surface area contributed by atoms with Gasteiger partial charge in [-0.05, 0) is 41.6 Å². The molecule has 6 heteroatoms. The molecule has 2 aromatic rings. The van der Waals surface area contributed by atoms with E-state index in [4.69, 9.17) is 5.11 Å². The first kappa shape index (κ1) is 14.0. The summed E-state index contributed by atoms with van der Waals surface area (Å²) in [4.78, 5) is 0. The van der Waals surface area contributed by atoms with Crippen molar-refractivity contribution < 1.29 is 13.5 Å². The molecule has 0 aliphatic heterocycles. The largest absolute Gasteiger partial charge is 0.392 e. The van der Waals surface area contributed by atoms with E-state index in [1.54, 1.807) is 11.4 Å². The van der Waals surface area contributed by atoms with Gasteiger partial charge in [0.05, 0.1) is 12.3 Å². The molecule has 0 fully saturated rings. The van der Waals surface area contributed by atoms with Gasteiger partial charge in [-0.1, -0.05) is 12.1 Å². The molecule has 102 valence electrons. The summed E-state index contributed by atoms with van der Waals surface area (Å²) in [5.74, 6) is 0. The van der Waals surface area contributed by atoms with Crippen LogP contribution in [0.5, 0.6) is 0 Å². The van der Waals surface area contributed by atoms with E-state index in [1.807, 2.05) is 25.1 Å². The van der Waals surface area contributed by atoms with Crippen molar-refractivity contribution in [3.8, 4) is 0 Å². The zero-order chi connectivity index (χ0) is 14.0. The van der Waals surface area contributed by atoms with Crippen LogP contribution in [0.2, 0.25) is 0 Å². The lowest BCUT2D eigenvalue weighted by Gasteiger charge is -2.18. The van der Waals surface area contributed by atoms with Crippen LogP contribution in [0.25, 0.3) is 0 Å². The van der Waals surface area contributed by atoms with Gasteiger partial charge in [0.1, 0.15) is 4.21 Å². The van der Waals surface area contributed by atoms with Crippen LogP contribution in [0, 0.1) is 6.92 Å². The summed E-state index contributed by atoms with van der Waals surface area (Å²) in [5, 5.41) is 10.7. The van der Waals surface area contributed by atoms with Gasteiger partial charge in [-0.15, -0.1) is 11.3 Å². The van der Waals surface area contributed by atoms with E-state index in [2.05, 4.69) is 0 Å². The Morgan fingerprint density at radius 1 is 1.32 bits per heavy atom. The maximum atomic E-state index is 12.4. The number of benzene rings is 1. The minimum atomic E-state index is -3.56. The fraction of sp³-hybridized carbons (Fsp3) is 0.231. The molecule has 0 saturated heterocycles. The number of sulfonamides is 1. The molecule has 4 nitrogen and oxygen atoms in total. The number of aryl methyl sites for hydroxylation is 1. The van der Waals surface area contributed by atoms with E-state index in [9.17, 15) is 8.42 Å². The molecule has 0 amide bonds. The first-order valence-electron chi connectivity index (χ1n) is 5.69. The van der Waals surface area contributed by atoms with Crippen molar-refractivity contribution in [3.63, 3.8) is 0 Å². The molecule has 1 aromatic heterocycles. The van der Waals surface area contributed by atoms with Crippen LogP contribution in [0.3, 0.4) is 0 Å². The predicted molar refractivity (Wildman–Crippen MR) is 77.0 cm³/mol. The molecule has 0 spiro atoms. The number of aliphatic hydroxyl groups excluding tert-OH is 1. The van der Waals surface area contributed by atoms with Crippen LogP contribution >= 0.6 is 11.3 Å². The van der Waals surface area contributed by atoms with Gasteiger partial charge < -0.3 is 5.11 Å². The van der Waals surface area contributed by atoms with Crippen LogP contribution in [0.1, 0.15) is 11.1 Å².